The lowest BCUT2D eigenvalue weighted by atomic mass is 10.1. The number of carbonyl (C=O) groups excluding carboxylic acids is 2. The molecule has 0 bridgehead atoms. The van der Waals surface area contributed by atoms with Gasteiger partial charge >= 0.3 is 0 Å². The zero-order chi connectivity index (χ0) is 25.1. The van der Waals surface area contributed by atoms with Crippen LogP contribution in [0, 0.1) is 5.92 Å². The number of tetrazole rings is 1. The van der Waals surface area contributed by atoms with Crippen molar-refractivity contribution in [3.05, 3.63) is 54.1 Å². The summed E-state index contributed by atoms with van der Waals surface area (Å²) in [5.41, 5.74) is 3.50. The van der Waals surface area contributed by atoms with Crippen LogP contribution in [0.5, 0.6) is 0 Å². The van der Waals surface area contributed by atoms with Crippen LogP contribution in [0.25, 0.3) is 16.7 Å². The molecule has 0 radical (unpaired) electrons. The summed E-state index contributed by atoms with van der Waals surface area (Å²) >= 11 is 0. The Kier molecular flexibility index (Phi) is 6.75. The van der Waals surface area contributed by atoms with Gasteiger partial charge in [-0.1, -0.05) is 32.4 Å². The van der Waals surface area contributed by atoms with E-state index in [0.29, 0.717) is 43.2 Å². The lowest BCUT2D eigenvalue weighted by Gasteiger charge is -2.35. The van der Waals surface area contributed by atoms with Crippen LogP contribution >= 0.6 is 0 Å². The van der Waals surface area contributed by atoms with Gasteiger partial charge in [0.25, 0.3) is 5.91 Å². The maximum atomic E-state index is 12.9. The van der Waals surface area contributed by atoms with Crippen LogP contribution in [-0.4, -0.2) is 72.8 Å². The van der Waals surface area contributed by atoms with E-state index in [1.165, 1.54) is 6.42 Å². The molecule has 1 N–H and O–H groups in total. The third-order valence-electron chi connectivity index (χ3n) is 6.22. The van der Waals surface area contributed by atoms with E-state index in [1.807, 2.05) is 46.2 Å². The molecule has 1 aliphatic heterocycles. The van der Waals surface area contributed by atoms with E-state index in [0.717, 1.165) is 29.6 Å². The molecule has 188 valence electrons. The number of benzene rings is 2. The minimum Gasteiger partial charge on any atom is -0.339 e. The molecular weight excluding hydrogens is 456 g/mol. The van der Waals surface area contributed by atoms with Crippen LogP contribution in [0.4, 0.5) is 11.5 Å². The summed E-state index contributed by atoms with van der Waals surface area (Å²) in [5.74, 6) is 0.984. The van der Waals surface area contributed by atoms with Crippen LogP contribution in [-0.2, 0) is 4.79 Å². The summed E-state index contributed by atoms with van der Waals surface area (Å²) in [6.07, 6.45) is 3.26. The minimum atomic E-state index is -0.0204. The number of carbonyl (C=O) groups is 2. The Hall–Kier alpha value is -4.08. The molecule has 2 aromatic carbocycles. The largest absolute Gasteiger partial charge is 0.339 e. The van der Waals surface area contributed by atoms with Gasteiger partial charge in [0, 0.05) is 44.8 Å². The fourth-order valence-corrected chi connectivity index (χ4v) is 4.22. The molecular formula is C26H32N8O2. The van der Waals surface area contributed by atoms with Crippen molar-refractivity contribution in [3.8, 4) is 0 Å². The van der Waals surface area contributed by atoms with Gasteiger partial charge in [-0.25, -0.2) is 4.98 Å². The maximum absolute atomic E-state index is 12.9. The molecule has 2 amide bonds. The molecule has 2 fully saturated rings. The second kappa shape index (κ2) is 10.3. The Bertz CT molecular complexity index is 1380. The second-order valence-electron chi connectivity index (χ2n) is 9.16. The SMILES string of the molecule is CCC.O=C(c1ccc(Nc2nc3ccccc3n3nnnc23)cc1)N1CCN(C(=O)C2CC2)CC1.[HH]. The highest BCUT2D eigenvalue weighted by Crippen LogP contribution is 2.31. The van der Waals surface area contributed by atoms with Gasteiger partial charge in [-0.2, -0.15) is 4.52 Å². The first kappa shape index (κ1) is 23.7. The zero-order valence-electron chi connectivity index (χ0n) is 20.6. The number of fused-ring (bicyclic) bond motifs is 3. The van der Waals surface area contributed by atoms with Crippen LogP contribution in [0.15, 0.2) is 48.5 Å². The normalized spacial score (nSPS) is 15.5. The quantitative estimate of drug-likeness (QED) is 0.466. The number of hydrogen-bond acceptors (Lipinski definition) is 7. The molecule has 0 spiro atoms. The van der Waals surface area contributed by atoms with Gasteiger partial charge < -0.3 is 15.1 Å². The van der Waals surface area contributed by atoms with Gasteiger partial charge in [-0.15, -0.1) is 5.10 Å². The van der Waals surface area contributed by atoms with E-state index in [4.69, 9.17) is 0 Å². The molecule has 1 aliphatic carbocycles. The van der Waals surface area contributed by atoms with E-state index in [-0.39, 0.29) is 19.2 Å². The van der Waals surface area contributed by atoms with Crippen LogP contribution in [0.3, 0.4) is 0 Å². The van der Waals surface area contributed by atoms with E-state index in [2.05, 4.69) is 39.7 Å². The molecule has 1 saturated heterocycles. The van der Waals surface area contributed by atoms with E-state index in [9.17, 15) is 9.59 Å². The van der Waals surface area contributed by atoms with Gasteiger partial charge in [-0.3, -0.25) is 9.59 Å². The van der Waals surface area contributed by atoms with Crippen molar-refractivity contribution in [2.24, 2.45) is 5.92 Å². The number of amides is 2. The Morgan fingerprint density at radius 2 is 1.64 bits per heavy atom. The minimum absolute atomic E-state index is 0. The molecule has 2 aliphatic rings. The van der Waals surface area contributed by atoms with E-state index in [1.54, 1.807) is 16.6 Å². The molecule has 4 aromatic rings. The maximum Gasteiger partial charge on any atom is 0.253 e. The average molecular weight is 489 g/mol. The number of nitrogens with zero attached hydrogens (tertiary/aromatic N) is 7. The Balaban J connectivity index is 0.000000765. The number of anilines is 2. The van der Waals surface area contributed by atoms with Gasteiger partial charge in [0.1, 0.15) is 0 Å². The molecule has 10 nitrogen and oxygen atoms in total. The number of piperazine rings is 1. The number of aromatic nitrogens is 5. The highest BCUT2D eigenvalue weighted by atomic mass is 16.2. The molecule has 36 heavy (non-hydrogen) atoms. The third kappa shape index (κ3) is 4.84. The van der Waals surface area contributed by atoms with Crippen molar-refractivity contribution in [2.45, 2.75) is 33.1 Å². The summed E-state index contributed by atoms with van der Waals surface area (Å²) in [7, 11) is 0. The van der Waals surface area contributed by atoms with Crippen molar-refractivity contribution in [1.29, 1.82) is 0 Å². The topological polar surface area (TPSA) is 109 Å². The van der Waals surface area contributed by atoms with Crippen molar-refractivity contribution >= 4 is 40.0 Å². The Morgan fingerprint density at radius 1 is 0.972 bits per heavy atom. The smallest absolute Gasteiger partial charge is 0.253 e. The van der Waals surface area contributed by atoms with Crippen molar-refractivity contribution in [3.63, 3.8) is 0 Å². The van der Waals surface area contributed by atoms with Crippen molar-refractivity contribution < 1.29 is 11.0 Å². The lowest BCUT2D eigenvalue weighted by Crippen LogP contribution is -2.51. The summed E-state index contributed by atoms with van der Waals surface area (Å²) in [4.78, 5) is 33.5. The first-order valence-electron chi connectivity index (χ1n) is 12.5. The fraction of sp³-hybridized carbons (Fsp3) is 0.385. The molecule has 0 unspecified atom stereocenters. The first-order valence-corrected chi connectivity index (χ1v) is 12.5. The monoisotopic (exact) mass is 488 g/mol. The van der Waals surface area contributed by atoms with Gasteiger partial charge in [0.05, 0.1) is 11.0 Å². The van der Waals surface area contributed by atoms with Gasteiger partial charge in [-0.05, 0) is 59.7 Å². The van der Waals surface area contributed by atoms with Crippen LogP contribution in [0.2, 0.25) is 0 Å². The van der Waals surface area contributed by atoms with Crippen LogP contribution < -0.4 is 5.32 Å². The molecule has 1 saturated carbocycles. The molecule has 0 atom stereocenters. The zero-order valence-corrected chi connectivity index (χ0v) is 20.6. The summed E-state index contributed by atoms with van der Waals surface area (Å²) in [6.45, 7) is 6.60. The Labute approximate surface area is 210 Å². The Morgan fingerprint density at radius 3 is 2.33 bits per heavy atom. The molecule has 10 heteroatoms. The van der Waals surface area contributed by atoms with Gasteiger partial charge in [0.15, 0.2) is 5.82 Å². The second-order valence-corrected chi connectivity index (χ2v) is 9.16. The predicted octanol–water partition coefficient (Wildman–Crippen LogP) is 3.77. The van der Waals surface area contributed by atoms with Crippen LogP contribution in [0.1, 0.15) is 44.9 Å². The first-order chi connectivity index (χ1) is 17.6. The number of hydrogen-bond donors (Lipinski definition) is 1. The highest BCUT2D eigenvalue weighted by Gasteiger charge is 2.35. The number of nitrogens with one attached hydrogen (secondary N) is 1. The average Bonchev–Trinajstić information content (AvgIpc) is 3.64. The van der Waals surface area contributed by atoms with E-state index < -0.39 is 0 Å². The summed E-state index contributed by atoms with van der Waals surface area (Å²) < 4.78 is 1.65. The molecule has 3 heterocycles. The van der Waals surface area contributed by atoms with Gasteiger partial charge in [0.2, 0.25) is 11.6 Å². The fourth-order valence-electron chi connectivity index (χ4n) is 4.22. The summed E-state index contributed by atoms with van der Waals surface area (Å²) in [5, 5.41) is 15.2. The lowest BCUT2D eigenvalue weighted by molar-refractivity contribution is -0.134. The van der Waals surface area contributed by atoms with E-state index >= 15 is 0 Å². The highest BCUT2D eigenvalue weighted by molar-refractivity contribution is 5.95. The summed E-state index contributed by atoms with van der Waals surface area (Å²) in [6, 6.07) is 14.9. The number of rotatable bonds is 4. The standard InChI is InChI=1S/C23H22N8O2.C3H8.H2/c32-22(15-5-6-15)29-11-13-30(14-12-29)23(33)16-7-9-17(10-8-16)24-20-21-26-27-28-31(21)19-4-2-1-3-18(19)25-20;1-3-2;/h1-4,7-10,15H,5-6,11-14H2,(H,24,25);3H2,1-2H3;1H. The number of para-hydroxylation sites is 2. The van der Waals surface area contributed by atoms with Crippen molar-refractivity contribution in [1.82, 2.24) is 34.8 Å². The predicted molar refractivity (Wildman–Crippen MR) is 139 cm³/mol. The molecule has 2 aromatic heterocycles. The van der Waals surface area contributed by atoms with Crippen molar-refractivity contribution in [2.75, 3.05) is 31.5 Å². The third-order valence-corrected chi connectivity index (χ3v) is 6.22. The molecule has 6 rings (SSSR count).